The lowest BCUT2D eigenvalue weighted by Gasteiger charge is -2.28. The summed E-state index contributed by atoms with van der Waals surface area (Å²) in [5.74, 6) is 0.0338. The first-order valence-corrected chi connectivity index (χ1v) is 9.50. The predicted octanol–water partition coefficient (Wildman–Crippen LogP) is 2.72. The van der Waals surface area contributed by atoms with E-state index in [4.69, 9.17) is 16.3 Å². The van der Waals surface area contributed by atoms with Crippen molar-refractivity contribution in [2.45, 2.75) is 38.3 Å². The van der Waals surface area contributed by atoms with E-state index in [2.05, 4.69) is 26.7 Å². The number of anilines is 3. The molecule has 0 amide bonds. The second kappa shape index (κ2) is 7.91. The van der Waals surface area contributed by atoms with Crippen molar-refractivity contribution in [1.82, 2.24) is 9.97 Å². The van der Waals surface area contributed by atoms with Crippen molar-refractivity contribution in [2.75, 3.05) is 10.6 Å². The van der Waals surface area contributed by atoms with Gasteiger partial charge in [0.25, 0.3) is 0 Å². The summed E-state index contributed by atoms with van der Waals surface area (Å²) in [4.78, 5) is 8.53. The van der Waals surface area contributed by atoms with Crippen molar-refractivity contribution in [3.05, 3.63) is 34.7 Å². The molecule has 144 valence electrons. The van der Waals surface area contributed by atoms with Crippen LogP contribution in [0.5, 0.6) is 0 Å². The number of aromatic nitrogens is 2. The Hall–Kier alpha value is -2.41. The summed E-state index contributed by atoms with van der Waals surface area (Å²) < 4.78 is 19.3. The normalized spacial score (nSPS) is 21.1. The van der Waals surface area contributed by atoms with Crippen LogP contribution < -0.4 is 16.1 Å². The highest BCUT2D eigenvalue weighted by Crippen LogP contribution is 2.29. The van der Waals surface area contributed by atoms with Crippen molar-refractivity contribution < 1.29 is 14.1 Å². The lowest BCUT2D eigenvalue weighted by atomic mass is 9.79. The van der Waals surface area contributed by atoms with Crippen molar-refractivity contribution in [3.63, 3.8) is 0 Å². The Kier molecular flexibility index (Phi) is 5.35. The molecule has 0 spiro atoms. The summed E-state index contributed by atoms with van der Waals surface area (Å²) in [5.41, 5.74) is 1.17. The van der Waals surface area contributed by atoms with E-state index in [1.165, 1.54) is 12.3 Å². The molecule has 4 rings (SSSR count). The second-order valence-corrected chi connectivity index (χ2v) is 7.39. The average Bonchev–Trinajstić information content (AvgIpc) is 3.06. The van der Waals surface area contributed by atoms with E-state index < -0.39 is 12.9 Å². The summed E-state index contributed by atoms with van der Waals surface area (Å²) >= 11 is 6.22. The zero-order valence-corrected chi connectivity index (χ0v) is 15.7. The SMILES string of the molecule is N#C[C@@H]1CCCC[C@H]1Nc1nc(Nc2cc(F)c3c(c2)COB3O)ncc1Cl. The van der Waals surface area contributed by atoms with Gasteiger partial charge in [0.1, 0.15) is 10.8 Å². The minimum atomic E-state index is -1.24. The van der Waals surface area contributed by atoms with Crippen LogP contribution in [0.2, 0.25) is 5.02 Å². The zero-order valence-electron chi connectivity index (χ0n) is 15.0. The number of fused-ring (bicyclic) bond motifs is 1. The molecule has 0 saturated heterocycles. The highest BCUT2D eigenvalue weighted by molar-refractivity contribution is 6.61. The maximum absolute atomic E-state index is 14.3. The van der Waals surface area contributed by atoms with Crippen LogP contribution in [0, 0.1) is 23.1 Å². The number of halogens is 2. The molecule has 1 aromatic heterocycles. The standard InChI is InChI=1S/C18H18BClFN5O2/c20-13-8-23-18(26-17(13)25-15-4-2-1-3-10(15)7-22)24-12-5-11-9-28-19(27)16(11)14(21)6-12/h5-6,8,10,15,27H,1-4,9H2,(H2,23,24,25,26)/t10-,15+/m0/s1. The quantitative estimate of drug-likeness (QED) is 0.677. The van der Waals surface area contributed by atoms with Gasteiger partial charge in [-0.3, -0.25) is 0 Å². The fourth-order valence-corrected chi connectivity index (χ4v) is 3.83. The Balaban J connectivity index is 1.55. The topological polar surface area (TPSA) is 103 Å². The van der Waals surface area contributed by atoms with Crippen LogP contribution in [0.25, 0.3) is 0 Å². The van der Waals surface area contributed by atoms with Gasteiger partial charge in [-0.15, -0.1) is 0 Å². The van der Waals surface area contributed by atoms with Crippen LogP contribution in [0.3, 0.4) is 0 Å². The van der Waals surface area contributed by atoms with Crippen LogP contribution >= 0.6 is 11.6 Å². The highest BCUT2D eigenvalue weighted by Gasteiger charge is 2.31. The van der Waals surface area contributed by atoms with E-state index in [9.17, 15) is 14.7 Å². The summed E-state index contributed by atoms with van der Waals surface area (Å²) in [6.45, 7) is 0.133. The minimum absolute atomic E-state index is 0.0184. The molecule has 0 unspecified atom stereocenters. The molecule has 0 radical (unpaired) electrons. The largest absolute Gasteiger partial charge is 0.494 e. The van der Waals surface area contributed by atoms with Gasteiger partial charge in [-0.05, 0) is 30.5 Å². The monoisotopic (exact) mass is 401 g/mol. The van der Waals surface area contributed by atoms with Gasteiger partial charge in [0.2, 0.25) is 5.95 Å². The van der Waals surface area contributed by atoms with Crippen molar-refractivity contribution >= 4 is 41.6 Å². The van der Waals surface area contributed by atoms with Gasteiger partial charge >= 0.3 is 7.12 Å². The van der Waals surface area contributed by atoms with Gasteiger partial charge in [0.15, 0.2) is 5.82 Å². The Morgan fingerprint density at radius 2 is 2.18 bits per heavy atom. The minimum Gasteiger partial charge on any atom is -0.423 e. The predicted molar refractivity (Wildman–Crippen MR) is 104 cm³/mol. The molecule has 1 aromatic carbocycles. The van der Waals surface area contributed by atoms with Gasteiger partial charge in [-0.1, -0.05) is 24.4 Å². The third kappa shape index (κ3) is 3.76. The van der Waals surface area contributed by atoms with Crippen LogP contribution in [-0.2, 0) is 11.3 Å². The van der Waals surface area contributed by atoms with E-state index >= 15 is 0 Å². The molecule has 7 nitrogen and oxygen atoms in total. The second-order valence-electron chi connectivity index (χ2n) is 6.98. The van der Waals surface area contributed by atoms with E-state index in [0.717, 1.165) is 25.7 Å². The molecular formula is C18H18BClFN5O2. The van der Waals surface area contributed by atoms with E-state index in [0.29, 0.717) is 22.1 Å². The molecule has 1 aliphatic heterocycles. The molecule has 10 heteroatoms. The molecule has 1 saturated carbocycles. The zero-order chi connectivity index (χ0) is 19.7. The van der Waals surface area contributed by atoms with Gasteiger partial charge in [-0.2, -0.15) is 10.2 Å². The fraction of sp³-hybridized carbons (Fsp3) is 0.389. The van der Waals surface area contributed by atoms with E-state index in [1.54, 1.807) is 6.07 Å². The van der Waals surface area contributed by atoms with Crippen LogP contribution in [0.4, 0.5) is 21.8 Å². The average molecular weight is 402 g/mol. The molecule has 2 aliphatic rings. The lowest BCUT2D eigenvalue weighted by molar-refractivity contribution is 0.275. The third-order valence-electron chi connectivity index (χ3n) is 5.11. The number of nitrogens with zero attached hydrogens (tertiary/aromatic N) is 3. The van der Waals surface area contributed by atoms with Gasteiger partial charge in [0, 0.05) is 17.2 Å². The number of rotatable bonds is 4. The van der Waals surface area contributed by atoms with Crippen LogP contribution in [0.15, 0.2) is 18.3 Å². The molecule has 2 heterocycles. The number of benzene rings is 1. The molecule has 0 bridgehead atoms. The number of nitrogens with one attached hydrogen (secondary N) is 2. The maximum Gasteiger partial charge on any atom is 0.494 e. The summed E-state index contributed by atoms with van der Waals surface area (Å²) in [6, 6.07) is 5.27. The molecule has 2 aromatic rings. The summed E-state index contributed by atoms with van der Waals surface area (Å²) in [7, 11) is -1.24. The number of nitriles is 1. The highest BCUT2D eigenvalue weighted by atomic mass is 35.5. The number of hydrogen-bond acceptors (Lipinski definition) is 7. The molecular weight excluding hydrogens is 383 g/mol. The molecule has 2 atom stereocenters. The maximum atomic E-state index is 14.3. The Bertz CT molecular complexity index is 941. The summed E-state index contributed by atoms with van der Waals surface area (Å²) in [6.07, 6.45) is 5.28. The van der Waals surface area contributed by atoms with Gasteiger partial charge in [0.05, 0.1) is 24.8 Å². The molecule has 1 fully saturated rings. The molecule has 1 aliphatic carbocycles. The van der Waals surface area contributed by atoms with Crippen molar-refractivity contribution in [1.29, 1.82) is 5.26 Å². The van der Waals surface area contributed by atoms with E-state index in [1.807, 2.05) is 0 Å². The Labute approximate surface area is 167 Å². The first-order chi connectivity index (χ1) is 13.5. The van der Waals surface area contributed by atoms with Crippen LogP contribution in [-0.4, -0.2) is 28.2 Å². The lowest BCUT2D eigenvalue weighted by Crippen LogP contribution is -2.31. The first-order valence-electron chi connectivity index (χ1n) is 9.13. The molecule has 28 heavy (non-hydrogen) atoms. The van der Waals surface area contributed by atoms with Crippen LogP contribution in [0.1, 0.15) is 31.2 Å². The van der Waals surface area contributed by atoms with Crippen molar-refractivity contribution in [2.24, 2.45) is 5.92 Å². The number of hydrogen-bond donors (Lipinski definition) is 3. The van der Waals surface area contributed by atoms with E-state index in [-0.39, 0.29) is 30.0 Å². The fourth-order valence-electron chi connectivity index (χ4n) is 3.69. The molecule has 3 N–H and O–H groups in total. The summed E-state index contributed by atoms with van der Waals surface area (Å²) in [5, 5.41) is 25.6. The first kappa shape index (κ1) is 18.9. The van der Waals surface area contributed by atoms with Gasteiger partial charge < -0.3 is 20.3 Å². The Morgan fingerprint density at radius 3 is 3.00 bits per heavy atom. The third-order valence-corrected chi connectivity index (χ3v) is 5.39. The Morgan fingerprint density at radius 1 is 1.36 bits per heavy atom. The van der Waals surface area contributed by atoms with Gasteiger partial charge in [-0.25, -0.2) is 9.37 Å². The smallest absolute Gasteiger partial charge is 0.423 e. The van der Waals surface area contributed by atoms with Crippen molar-refractivity contribution in [3.8, 4) is 6.07 Å².